The number of hydrogen-bond acceptors (Lipinski definition) is 5. The highest BCUT2D eigenvalue weighted by atomic mass is 16.3. The number of ketones is 2. The third kappa shape index (κ3) is 3.69. The van der Waals surface area contributed by atoms with Gasteiger partial charge in [-0.1, -0.05) is 60.5 Å². The largest absolute Gasteiger partial charge is 0.381 e. The standard InChI is InChI=1S/C35H46N2O4/c1-9-10-27(39)37-21-30(4)13-14-31(5)15-16-34(8)33(7)12-11-23-29(2,3)28(40)22(20-36)18-32(23,6)24(33)17-26(38)35(34,41)25(31)19-30/h1,17-18,23,25,41H,10-16,19,21H2,2-8H3,(H,37,39)/t23-,25+,30-,31+,32-,33+,34-,35+/m0/s1. The smallest absolute Gasteiger partial charge is 0.232 e. The van der Waals surface area contributed by atoms with Gasteiger partial charge in [-0.15, -0.1) is 6.42 Å². The van der Waals surface area contributed by atoms with Crippen LogP contribution in [0.25, 0.3) is 0 Å². The highest BCUT2D eigenvalue weighted by molar-refractivity contribution is 6.05. The SMILES string of the molecule is C#CCC(=O)NC[C@@]1(C)CC[C@]2(C)CC[C@@]3(C)[C@]4(C)CC[C@H]5C(C)(C)C(=O)C(C#N)=C[C@]5(C)C4=CC(=O)[C@]3(O)[C@@H]2C1. The van der Waals surface area contributed by atoms with Crippen LogP contribution in [-0.4, -0.2) is 34.7 Å². The van der Waals surface area contributed by atoms with Crippen molar-refractivity contribution in [2.45, 2.75) is 105 Å². The van der Waals surface area contributed by atoms with Gasteiger partial charge < -0.3 is 10.4 Å². The number of carbonyl (C=O) groups is 3. The molecule has 0 heterocycles. The summed E-state index contributed by atoms with van der Waals surface area (Å²) in [5.41, 5.74) is -3.47. The summed E-state index contributed by atoms with van der Waals surface area (Å²) in [5, 5.41) is 25.9. The molecule has 5 aliphatic carbocycles. The molecule has 2 N–H and O–H groups in total. The van der Waals surface area contributed by atoms with Gasteiger partial charge >= 0.3 is 0 Å². The molecule has 5 rings (SSSR count). The molecule has 0 aromatic rings. The Hall–Kier alpha value is -2.70. The van der Waals surface area contributed by atoms with Gasteiger partial charge in [0.05, 0.1) is 12.0 Å². The van der Waals surface area contributed by atoms with Crippen LogP contribution >= 0.6 is 0 Å². The number of aliphatic hydroxyl groups is 1. The zero-order valence-corrected chi connectivity index (χ0v) is 25.9. The Morgan fingerprint density at radius 3 is 2.34 bits per heavy atom. The first-order valence-electron chi connectivity index (χ1n) is 15.3. The van der Waals surface area contributed by atoms with Crippen LogP contribution < -0.4 is 5.32 Å². The fourth-order valence-electron chi connectivity index (χ4n) is 10.5. The molecule has 0 spiro atoms. The molecule has 0 aliphatic heterocycles. The average Bonchev–Trinajstić information content (AvgIpc) is 2.90. The summed E-state index contributed by atoms with van der Waals surface area (Å²) in [5.74, 6) is 1.55. The molecule has 0 saturated heterocycles. The van der Waals surface area contributed by atoms with E-state index in [0.29, 0.717) is 13.0 Å². The Bertz CT molecular complexity index is 1380. The van der Waals surface area contributed by atoms with Crippen LogP contribution in [0.1, 0.15) is 99.8 Å². The van der Waals surface area contributed by atoms with Gasteiger partial charge in [0.1, 0.15) is 11.7 Å². The lowest BCUT2D eigenvalue weighted by Crippen LogP contribution is -2.74. The summed E-state index contributed by atoms with van der Waals surface area (Å²) in [6.45, 7) is 15.1. The summed E-state index contributed by atoms with van der Waals surface area (Å²) >= 11 is 0. The molecule has 3 fully saturated rings. The summed E-state index contributed by atoms with van der Waals surface area (Å²) in [6, 6.07) is 2.15. The minimum Gasteiger partial charge on any atom is -0.381 e. The van der Waals surface area contributed by atoms with Crippen molar-refractivity contribution in [1.82, 2.24) is 5.32 Å². The topological polar surface area (TPSA) is 107 Å². The van der Waals surface area contributed by atoms with Gasteiger partial charge in [0.15, 0.2) is 11.6 Å². The van der Waals surface area contributed by atoms with Gasteiger partial charge in [-0.25, -0.2) is 0 Å². The molecule has 0 aromatic heterocycles. The zero-order valence-electron chi connectivity index (χ0n) is 25.9. The number of amides is 1. The fraction of sp³-hybridized carbons (Fsp3) is 0.714. The number of nitrogens with one attached hydrogen (secondary N) is 1. The van der Waals surface area contributed by atoms with Crippen molar-refractivity contribution in [2.24, 2.45) is 44.3 Å². The molecule has 6 nitrogen and oxygen atoms in total. The van der Waals surface area contributed by atoms with Gasteiger partial charge in [-0.2, -0.15) is 5.26 Å². The van der Waals surface area contributed by atoms with Crippen molar-refractivity contribution in [3.63, 3.8) is 0 Å². The van der Waals surface area contributed by atoms with Gasteiger partial charge in [0, 0.05) is 28.7 Å². The Labute approximate surface area is 245 Å². The second kappa shape index (κ2) is 8.90. The molecule has 0 aromatic carbocycles. The van der Waals surface area contributed by atoms with Crippen molar-refractivity contribution < 1.29 is 19.5 Å². The number of allylic oxidation sites excluding steroid dienone is 3. The Morgan fingerprint density at radius 1 is 1.05 bits per heavy atom. The number of nitriles is 1. The summed E-state index contributed by atoms with van der Waals surface area (Å²) in [4.78, 5) is 40.0. The minimum absolute atomic E-state index is 0.0355. The predicted molar refractivity (Wildman–Crippen MR) is 157 cm³/mol. The van der Waals surface area contributed by atoms with Crippen LogP contribution in [-0.2, 0) is 14.4 Å². The number of carbonyl (C=O) groups excluding carboxylic acids is 3. The van der Waals surface area contributed by atoms with Crippen molar-refractivity contribution in [1.29, 1.82) is 5.26 Å². The number of fused-ring (bicyclic) bond motifs is 7. The van der Waals surface area contributed by atoms with E-state index in [4.69, 9.17) is 6.42 Å². The van der Waals surface area contributed by atoms with E-state index in [1.165, 1.54) is 0 Å². The van der Waals surface area contributed by atoms with E-state index in [9.17, 15) is 24.8 Å². The maximum absolute atomic E-state index is 14.5. The van der Waals surface area contributed by atoms with Gasteiger partial charge in [-0.3, -0.25) is 14.4 Å². The second-order valence-corrected chi connectivity index (χ2v) is 15.8. The summed E-state index contributed by atoms with van der Waals surface area (Å²) in [6.07, 6.45) is 14.5. The molecule has 0 unspecified atom stereocenters. The van der Waals surface area contributed by atoms with Gasteiger partial charge in [0.25, 0.3) is 0 Å². The lowest BCUT2D eigenvalue weighted by Gasteiger charge is -2.71. The Kier molecular flexibility index (Phi) is 6.47. The van der Waals surface area contributed by atoms with Crippen LogP contribution in [0.2, 0.25) is 0 Å². The average molecular weight is 559 g/mol. The van der Waals surface area contributed by atoms with Crippen molar-refractivity contribution >= 4 is 17.5 Å². The first kappa shape index (κ1) is 29.8. The summed E-state index contributed by atoms with van der Waals surface area (Å²) in [7, 11) is 0. The molecular formula is C35H46N2O4. The summed E-state index contributed by atoms with van der Waals surface area (Å²) < 4.78 is 0. The predicted octanol–water partition coefficient (Wildman–Crippen LogP) is 5.46. The molecule has 3 saturated carbocycles. The number of nitrogens with zero attached hydrogens (tertiary/aromatic N) is 1. The maximum atomic E-state index is 14.5. The van der Waals surface area contributed by atoms with Crippen molar-refractivity contribution in [3.05, 3.63) is 23.3 Å². The van der Waals surface area contributed by atoms with Crippen molar-refractivity contribution in [3.8, 4) is 18.4 Å². The Morgan fingerprint density at radius 2 is 1.71 bits per heavy atom. The molecule has 0 bridgehead atoms. The first-order chi connectivity index (χ1) is 18.9. The normalized spacial score (nSPS) is 46.3. The maximum Gasteiger partial charge on any atom is 0.232 e. The highest BCUT2D eigenvalue weighted by Gasteiger charge is 2.75. The third-order valence-electron chi connectivity index (χ3n) is 13.3. The van der Waals surface area contributed by atoms with E-state index in [0.717, 1.165) is 44.1 Å². The van der Waals surface area contributed by atoms with E-state index >= 15 is 0 Å². The van der Waals surface area contributed by atoms with E-state index in [1.54, 1.807) is 6.08 Å². The lowest BCUT2D eigenvalue weighted by molar-refractivity contribution is -0.243. The van der Waals surface area contributed by atoms with Crippen LogP contribution in [0.4, 0.5) is 0 Å². The van der Waals surface area contributed by atoms with Crippen LogP contribution in [0.5, 0.6) is 0 Å². The molecule has 1 amide bonds. The van der Waals surface area contributed by atoms with Crippen LogP contribution in [0, 0.1) is 68.0 Å². The number of terminal acetylenes is 1. The van der Waals surface area contributed by atoms with Crippen molar-refractivity contribution in [2.75, 3.05) is 6.54 Å². The van der Waals surface area contributed by atoms with E-state index in [2.05, 4.69) is 51.9 Å². The quantitative estimate of drug-likeness (QED) is 0.447. The molecule has 5 aliphatic rings. The Balaban J connectivity index is 1.62. The van der Waals surface area contributed by atoms with Crippen LogP contribution in [0.15, 0.2) is 23.3 Å². The first-order valence-corrected chi connectivity index (χ1v) is 15.3. The molecular weight excluding hydrogens is 512 g/mol. The molecule has 6 heteroatoms. The highest BCUT2D eigenvalue weighted by Crippen LogP contribution is 2.75. The van der Waals surface area contributed by atoms with Gasteiger partial charge in [0.2, 0.25) is 5.91 Å². The van der Waals surface area contributed by atoms with Crippen LogP contribution in [0.3, 0.4) is 0 Å². The minimum atomic E-state index is -1.56. The molecule has 8 atom stereocenters. The monoisotopic (exact) mass is 558 g/mol. The van der Waals surface area contributed by atoms with E-state index in [-0.39, 0.29) is 52.1 Å². The lowest BCUT2D eigenvalue weighted by atomic mass is 9.33. The number of Topliss-reactive ketones (excluding diaryl/α,β-unsaturated/α-hetero) is 1. The molecule has 220 valence electrons. The molecule has 41 heavy (non-hydrogen) atoms. The van der Waals surface area contributed by atoms with E-state index in [1.807, 2.05) is 19.9 Å². The number of hydrogen-bond donors (Lipinski definition) is 2. The zero-order chi connectivity index (χ0) is 30.4. The molecule has 0 radical (unpaired) electrons. The van der Waals surface area contributed by atoms with E-state index < -0.39 is 27.3 Å². The number of rotatable bonds is 3. The van der Waals surface area contributed by atoms with Gasteiger partial charge in [-0.05, 0) is 78.8 Å². The third-order valence-corrected chi connectivity index (χ3v) is 13.3. The second-order valence-electron chi connectivity index (χ2n) is 15.8. The fourth-order valence-corrected chi connectivity index (χ4v) is 10.5.